The smallest absolute Gasteiger partial charge is 0.321 e. The lowest BCUT2D eigenvalue weighted by molar-refractivity contribution is 0.206. The normalized spacial score (nSPS) is 15.8. The molecule has 1 aliphatic heterocycles. The first-order valence-electron chi connectivity index (χ1n) is 8.19. The molecule has 6 heteroatoms. The van der Waals surface area contributed by atoms with Crippen molar-refractivity contribution in [3.8, 4) is 11.5 Å². The Morgan fingerprint density at radius 1 is 1.04 bits per heavy atom. The van der Waals surface area contributed by atoms with Gasteiger partial charge in [-0.15, -0.1) is 10.2 Å². The van der Waals surface area contributed by atoms with Crippen LogP contribution >= 0.6 is 0 Å². The number of rotatable bonds is 2. The van der Waals surface area contributed by atoms with Gasteiger partial charge in [0.2, 0.25) is 11.8 Å². The van der Waals surface area contributed by atoms with E-state index in [1.165, 1.54) is 19.3 Å². The zero-order valence-electron chi connectivity index (χ0n) is 13.4. The average molecular weight is 314 g/mol. The third-order valence-corrected chi connectivity index (χ3v) is 4.05. The van der Waals surface area contributed by atoms with Gasteiger partial charge in [0.15, 0.2) is 0 Å². The third-order valence-electron chi connectivity index (χ3n) is 4.05. The van der Waals surface area contributed by atoms with Crippen molar-refractivity contribution >= 4 is 11.7 Å². The first-order valence-corrected chi connectivity index (χ1v) is 8.19. The molecular formula is C17H22N4O2. The van der Waals surface area contributed by atoms with Gasteiger partial charge < -0.3 is 14.6 Å². The molecule has 1 saturated heterocycles. The van der Waals surface area contributed by atoms with Crippen LogP contribution in [-0.2, 0) is 0 Å². The molecule has 1 fully saturated rings. The quantitative estimate of drug-likeness (QED) is 0.914. The van der Waals surface area contributed by atoms with E-state index in [4.69, 9.17) is 4.42 Å². The minimum absolute atomic E-state index is 0.0201. The maximum absolute atomic E-state index is 12.4. The van der Waals surface area contributed by atoms with E-state index >= 15 is 0 Å². The lowest BCUT2D eigenvalue weighted by Gasteiger charge is -2.25. The van der Waals surface area contributed by atoms with Crippen LogP contribution in [0.25, 0.3) is 11.5 Å². The van der Waals surface area contributed by atoms with E-state index in [1.807, 2.05) is 29.2 Å². The fourth-order valence-corrected chi connectivity index (χ4v) is 2.76. The molecule has 1 aliphatic rings. The number of nitrogens with zero attached hydrogens (tertiary/aromatic N) is 3. The van der Waals surface area contributed by atoms with Crippen LogP contribution in [0.2, 0.25) is 0 Å². The highest BCUT2D eigenvalue weighted by molar-refractivity contribution is 5.89. The molecule has 0 aliphatic carbocycles. The van der Waals surface area contributed by atoms with Crippen LogP contribution in [-0.4, -0.2) is 34.2 Å². The second-order valence-electron chi connectivity index (χ2n) is 5.89. The number of nitrogens with one attached hydrogen (secondary N) is 1. The minimum atomic E-state index is -0.0201. The highest BCUT2D eigenvalue weighted by Crippen LogP contribution is 2.20. The molecule has 6 nitrogen and oxygen atoms in total. The van der Waals surface area contributed by atoms with Crippen molar-refractivity contribution in [2.45, 2.75) is 39.0 Å². The molecule has 0 spiro atoms. The highest BCUT2D eigenvalue weighted by atomic mass is 16.4. The van der Waals surface area contributed by atoms with Gasteiger partial charge in [-0.1, -0.05) is 19.3 Å². The summed E-state index contributed by atoms with van der Waals surface area (Å²) in [6, 6.07) is 7.44. The van der Waals surface area contributed by atoms with Crippen molar-refractivity contribution in [1.82, 2.24) is 15.1 Å². The highest BCUT2D eigenvalue weighted by Gasteiger charge is 2.15. The van der Waals surface area contributed by atoms with Gasteiger partial charge >= 0.3 is 6.03 Å². The van der Waals surface area contributed by atoms with Crippen molar-refractivity contribution < 1.29 is 9.21 Å². The molecule has 1 aromatic heterocycles. The molecule has 0 saturated carbocycles. The SMILES string of the molecule is Cc1nnc(-c2ccc(NC(=O)N3CCCCCCC3)cc2)o1. The average Bonchev–Trinajstić information content (AvgIpc) is 2.94. The first-order chi connectivity index (χ1) is 11.2. The van der Waals surface area contributed by atoms with Crippen molar-refractivity contribution in [3.05, 3.63) is 30.2 Å². The maximum Gasteiger partial charge on any atom is 0.321 e. The number of hydrogen-bond donors (Lipinski definition) is 1. The van der Waals surface area contributed by atoms with Crippen LogP contribution in [0.1, 0.15) is 38.0 Å². The summed E-state index contributed by atoms with van der Waals surface area (Å²) < 4.78 is 5.39. The van der Waals surface area contributed by atoms with Crippen LogP contribution in [0.15, 0.2) is 28.7 Å². The van der Waals surface area contributed by atoms with Gasteiger partial charge in [-0.3, -0.25) is 0 Å². The zero-order chi connectivity index (χ0) is 16.1. The van der Waals surface area contributed by atoms with E-state index in [-0.39, 0.29) is 6.03 Å². The molecule has 1 N–H and O–H groups in total. The molecule has 0 unspecified atom stereocenters. The summed E-state index contributed by atoms with van der Waals surface area (Å²) in [6.45, 7) is 3.44. The summed E-state index contributed by atoms with van der Waals surface area (Å²) in [6.07, 6.45) is 5.88. The molecule has 0 bridgehead atoms. The van der Waals surface area contributed by atoms with E-state index in [9.17, 15) is 4.79 Å². The van der Waals surface area contributed by atoms with E-state index in [1.54, 1.807) is 6.92 Å². The third kappa shape index (κ3) is 4.09. The van der Waals surface area contributed by atoms with Crippen molar-refractivity contribution in [1.29, 1.82) is 0 Å². The van der Waals surface area contributed by atoms with Gasteiger partial charge in [0, 0.05) is 31.3 Å². The molecule has 3 rings (SSSR count). The number of benzene rings is 1. The molecule has 0 atom stereocenters. The Labute approximate surface area is 135 Å². The predicted molar refractivity (Wildman–Crippen MR) is 88.1 cm³/mol. The van der Waals surface area contributed by atoms with Crippen molar-refractivity contribution in [2.75, 3.05) is 18.4 Å². The Balaban J connectivity index is 1.62. The fraction of sp³-hybridized carbons (Fsp3) is 0.471. The van der Waals surface area contributed by atoms with Gasteiger partial charge in [-0.05, 0) is 37.1 Å². The summed E-state index contributed by atoms with van der Waals surface area (Å²) >= 11 is 0. The van der Waals surface area contributed by atoms with E-state index in [0.717, 1.165) is 37.2 Å². The number of carbonyl (C=O) groups excluding carboxylic acids is 1. The molecule has 122 valence electrons. The van der Waals surface area contributed by atoms with Crippen molar-refractivity contribution in [3.63, 3.8) is 0 Å². The van der Waals surface area contributed by atoms with Gasteiger partial charge in [0.1, 0.15) is 0 Å². The zero-order valence-corrected chi connectivity index (χ0v) is 13.4. The molecule has 0 radical (unpaired) electrons. The fourth-order valence-electron chi connectivity index (χ4n) is 2.76. The summed E-state index contributed by atoms with van der Waals surface area (Å²) in [5.41, 5.74) is 1.62. The molecule has 2 amide bonds. The number of anilines is 1. The Kier molecular flexibility index (Phi) is 4.90. The summed E-state index contributed by atoms with van der Waals surface area (Å²) in [5.74, 6) is 1.03. The number of aromatic nitrogens is 2. The monoisotopic (exact) mass is 314 g/mol. The van der Waals surface area contributed by atoms with Crippen molar-refractivity contribution in [2.24, 2.45) is 0 Å². The van der Waals surface area contributed by atoms with E-state index in [0.29, 0.717) is 11.8 Å². The van der Waals surface area contributed by atoms with Gasteiger partial charge in [-0.25, -0.2) is 4.79 Å². The topological polar surface area (TPSA) is 71.3 Å². The molecular weight excluding hydrogens is 292 g/mol. The van der Waals surface area contributed by atoms with E-state index in [2.05, 4.69) is 15.5 Å². The number of urea groups is 1. The Morgan fingerprint density at radius 2 is 1.70 bits per heavy atom. The molecule has 1 aromatic carbocycles. The van der Waals surface area contributed by atoms with Crippen LogP contribution in [0.5, 0.6) is 0 Å². The minimum Gasteiger partial charge on any atom is -0.421 e. The lowest BCUT2D eigenvalue weighted by atomic mass is 10.1. The first kappa shape index (κ1) is 15.5. The Hall–Kier alpha value is -2.37. The van der Waals surface area contributed by atoms with Gasteiger partial charge in [0.05, 0.1) is 0 Å². The van der Waals surface area contributed by atoms with Crippen LogP contribution in [0.3, 0.4) is 0 Å². The standard InChI is InChI=1S/C17H22N4O2/c1-13-19-20-16(23-13)14-7-9-15(10-8-14)18-17(22)21-11-5-3-2-4-6-12-21/h7-10H,2-6,11-12H2,1H3,(H,18,22). The summed E-state index contributed by atoms with van der Waals surface area (Å²) in [5, 5.41) is 10.8. The second kappa shape index (κ2) is 7.26. The lowest BCUT2D eigenvalue weighted by Crippen LogP contribution is -2.37. The maximum atomic E-state index is 12.4. The number of likely N-dealkylation sites (tertiary alicyclic amines) is 1. The molecule has 2 aromatic rings. The number of carbonyl (C=O) groups is 1. The number of aryl methyl sites for hydroxylation is 1. The summed E-state index contributed by atoms with van der Waals surface area (Å²) in [7, 11) is 0. The Morgan fingerprint density at radius 3 is 2.30 bits per heavy atom. The number of hydrogen-bond acceptors (Lipinski definition) is 4. The van der Waals surface area contributed by atoms with Crippen LogP contribution < -0.4 is 5.32 Å². The van der Waals surface area contributed by atoms with Gasteiger partial charge in [-0.2, -0.15) is 0 Å². The van der Waals surface area contributed by atoms with E-state index < -0.39 is 0 Å². The predicted octanol–water partition coefficient (Wildman–Crippen LogP) is 3.84. The molecule has 23 heavy (non-hydrogen) atoms. The summed E-state index contributed by atoms with van der Waals surface area (Å²) in [4.78, 5) is 14.3. The largest absolute Gasteiger partial charge is 0.421 e. The second-order valence-corrected chi connectivity index (χ2v) is 5.89. The Bertz CT molecular complexity index is 643. The van der Waals surface area contributed by atoms with Crippen LogP contribution in [0, 0.1) is 6.92 Å². The van der Waals surface area contributed by atoms with Crippen LogP contribution in [0.4, 0.5) is 10.5 Å². The molecule has 2 heterocycles. The van der Waals surface area contributed by atoms with Gasteiger partial charge in [0.25, 0.3) is 0 Å². The number of amides is 2.